The summed E-state index contributed by atoms with van der Waals surface area (Å²) in [6.07, 6.45) is 5.13. The lowest BCUT2D eigenvalue weighted by Gasteiger charge is -2.28. The third-order valence-corrected chi connectivity index (χ3v) is 5.48. The fraction of sp³-hybridized carbons (Fsp3) is 0.364. The number of hydrogen-bond donors (Lipinski definition) is 1. The molecule has 0 fully saturated rings. The SMILES string of the molecule is Cc1cnnn1CCC(=O)N1CCC=C(c2ccc3cc(C(=O)N(C)C)[nH]c3c2)C1. The molecular weight excluding hydrogens is 380 g/mol. The van der Waals surface area contributed by atoms with Gasteiger partial charge < -0.3 is 14.8 Å². The van der Waals surface area contributed by atoms with Gasteiger partial charge in [-0.25, -0.2) is 4.68 Å². The van der Waals surface area contributed by atoms with Crippen LogP contribution in [0.1, 0.15) is 34.6 Å². The number of aromatic nitrogens is 4. The van der Waals surface area contributed by atoms with E-state index in [1.54, 1.807) is 29.9 Å². The quantitative estimate of drug-likeness (QED) is 0.705. The largest absolute Gasteiger partial charge is 0.351 e. The maximum absolute atomic E-state index is 12.7. The summed E-state index contributed by atoms with van der Waals surface area (Å²) in [5, 5.41) is 8.86. The van der Waals surface area contributed by atoms with E-state index in [1.807, 2.05) is 24.0 Å². The third kappa shape index (κ3) is 3.98. The molecule has 30 heavy (non-hydrogen) atoms. The molecule has 0 aliphatic carbocycles. The van der Waals surface area contributed by atoms with E-state index in [0.29, 0.717) is 25.2 Å². The van der Waals surface area contributed by atoms with Gasteiger partial charge in [-0.2, -0.15) is 0 Å². The Morgan fingerprint density at radius 3 is 2.80 bits per heavy atom. The second-order valence-electron chi connectivity index (χ2n) is 7.87. The highest BCUT2D eigenvalue weighted by Crippen LogP contribution is 2.25. The van der Waals surface area contributed by atoms with E-state index in [9.17, 15) is 9.59 Å². The Balaban J connectivity index is 1.46. The number of amides is 2. The van der Waals surface area contributed by atoms with Crippen LogP contribution < -0.4 is 0 Å². The van der Waals surface area contributed by atoms with Crippen LogP contribution in [0.5, 0.6) is 0 Å². The van der Waals surface area contributed by atoms with Crippen molar-refractivity contribution >= 4 is 28.3 Å². The van der Waals surface area contributed by atoms with Gasteiger partial charge >= 0.3 is 0 Å². The van der Waals surface area contributed by atoms with Gasteiger partial charge in [0.2, 0.25) is 5.91 Å². The zero-order valence-corrected chi connectivity index (χ0v) is 17.6. The Bertz CT molecular complexity index is 1120. The van der Waals surface area contributed by atoms with Crippen molar-refractivity contribution in [1.29, 1.82) is 0 Å². The molecule has 156 valence electrons. The fourth-order valence-electron chi connectivity index (χ4n) is 3.74. The van der Waals surface area contributed by atoms with Crippen molar-refractivity contribution in [3.63, 3.8) is 0 Å². The van der Waals surface area contributed by atoms with Gasteiger partial charge in [0.15, 0.2) is 0 Å². The predicted molar refractivity (Wildman–Crippen MR) is 115 cm³/mol. The second kappa shape index (κ2) is 8.14. The van der Waals surface area contributed by atoms with Crippen LogP contribution in [0.25, 0.3) is 16.5 Å². The minimum absolute atomic E-state index is 0.0518. The van der Waals surface area contributed by atoms with Crippen LogP contribution in [0.2, 0.25) is 0 Å². The van der Waals surface area contributed by atoms with Crippen molar-refractivity contribution in [3.05, 3.63) is 53.5 Å². The highest BCUT2D eigenvalue weighted by atomic mass is 16.2. The molecule has 3 heterocycles. The van der Waals surface area contributed by atoms with E-state index in [1.165, 1.54) is 0 Å². The van der Waals surface area contributed by atoms with Crippen molar-refractivity contribution in [2.45, 2.75) is 26.3 Å². The molecule has 0 radical (unpaired) electrons. The Labute approximate surface area is 175 Å². The number of nitrogens with one attached hydrogen (secondary N) is 1. The number of aromatic amines is 1. The number of aryl methyl sites for hydroxylation is 2. The van der Waals surface area contributed by atoms with Crippen LogP contribution in [-0.2, 0) is 11.3 Å². The number of H-pyrrole nitrogens is 1. The van der Waals surface area contributed by atoms with Crippen molar-refractivity contribution in [3.8, 4) is 0 Å². The van der Waals surface area contributed by atoms with Crippen LogP contribution in [0, 0.1) is 6.92 Å². The summed E-state index contributed by atoms with van der Waals surface area (Å²) < 4.78 is 1.75. The zero-order chi connectivity index (χ0) is 21.3. The van der Waals surface area contributed by atoms with E-state index >= 15 is 0 Å². The molecule has 4 rings (SSSR count). The molecule has 0 unspecified atom stereocenters. The lowest BCUT2D eigenvalue weighted by atomic mass is 10.00. The van der Waals surface area contributed by atoms with E-state index in [2.05, 4.69) is 33.5 Å². The number of benzene rings is 1. The van der Waals surface area contributed by atoms with Crippen LogP contribution in [-0.4, -0.2) is 68.8 Å². The van der Waals surface area contributed by atoms with Crippen molar-refractivity contribution in [1.82, 2.24) is 29.8 Å². The highest BCUT2D eigenvalue weighted by molar-refractivity contribution is 5.98. The van der Waals surface area contributed by atoms with Gasteiger partial charge in [-0.3, -0.25) is 9.59 Å². The summed E-state index contributed by atoms with van der Waals surface area (Å²) in [6.45, 7) is 3.79. The summed E-state index contributed by atoms with van der Waals surface area (Å²) in [5.74, 6) is 0.0688. The predicted octanol–water partition coefficient (Wildman–Crippen LogP) is 2.48. The summed E-state index contributed by atoms with van der Waals surface area (Å²) in [4.78, 5) is 31.6. The number of rotatable bonds is 5. The molecule has 3 aromatic rings. The van der Waals surface area contributed by atoms with Crippen molar-refractivity contribution < 1.29 is 9.59 Å². The Morgan fingerprint density at radius 2 is 2.07 bits per heavy atom. The normalized spacial score (nSPS) is 14.1. The molecule has 2 amide bonds. The van der Waals surface area contributed by atoms with Crippen LogP contribution in [0.4, 0.5) is 0 Å². The van der Waals surface area contributed by atoms with Gasteiger partial charge in [-0.15, -0.1) is 5.10 Å². The van der Waals surface area contributed by atoms with Gasteiger partial charge in [0, 0.05) is 44.5 Å². The Kier molecular flexibility index (Phi) is 5.39. The molecule has 1 N–H and O–H groups in total. The standard InChI is InChI=1S/C22H26N6O2/c1-15-13-23-25-28(15)10-8-21(29)27-9-4-5-18(14-27)16-6-7-17-12-20(22(30)26(2)3)24-19(17)11-16/h5-7,11-13,24H,4,8-10,14H2,1-3H3. The molecular formula is C22H26N6O2. The van der Waals surface area contributed by atoms with E-state index in [-0.39, 0.29) is 11.8 Å². The number of hydrogen-bond acceptors (Lipinski definition) is 4. The van der Waals surface area contributed by atoms with Gasteiger partial charge in [-0.1, -0.05) is 23.4 Å². The maximum atomic E-state index is 12.7. The summed E-state index contributed by atoms with van der Waals surface area (Å²) >= 11 is 0. The average Bonchev–Trinajstić information content (AvgIpc) is 3.36. The molecule has 8 heteroatoms. The average molecular weight is 406 g/mol. The van der Waals surface area contributed by atoms with Crippen LogP contribution in [0.3, 0.4) is 0 Å². The first-order valence-corrected chi connectivity index (χ1v) is 10.1. The molecule has 2 aromatic heterocycles. The zero-order valence-electron chi connectivity index (χ0n) is 17.6. The molecule has 8 nitrogen and oxygen atoms in total. The first-order chi connectivity index (χ1) is 14.4. The Hall–Kier alpha value is -3.42. The van der Waals surface area contributed by atoms with E-state index < -0.39 is 0 Å². The lowest BCUT2D eigenvalue weighted by Crippen LogP contribution is -2.36. The lowest BCUT2D eigenvalue weighted by molar-refractivity contribution is -0.131. The topological polar surface area (TPSA) is 87.1 Å². The minimum atomic E-state index is -0.0518. The minimum Gasteiger partial charge on any atom is -0.351 e. The molecule has 1 aromatic carbocycles. The molecule has 1 aliphatic rings. The first-order valence-electron chi connectivity index (χ1n) is 10.1. The van der Waals surface area contributed by atoms with Crippen LogP contribution >= 0.6 is 0 Å². The van der Waals surface area contributed by atoms with Gasteiger partial charge in [0.05, 0.1) is 18.4 Å². The molecule has 0 saturated heterocycles. The third-order valence-electron chi connectivity index (χ3n) is 5.48. The van der Waals surface area contributed by atoms with Gasteiger partial charge in [0.25, 0.3) is 5.91 Å². The number of carbonyl (C=O) groups excluding carboxylic acids is 2. The Morgan fingerprint density at radius 1 is 1.23 bits per heavy atom. The van der Waals surface area contributed by atoms with Crippen molar-refractivity contribution in [2.75, 3.05) is 27.2 Å². The molecule has 0 spiro atoms. The monoisotopic (exact) mass is 406 g/mol. The summed E-state index contributed by atoms with van der Waals surface area (Å²) in [6, 6.07) is 8.00. The maximum Gasteiger partial charge on any atom is 0.269 e. The van der Waals surface area contributed by atoms with Gasteiger partial charge in [-0.05, 0) is 36.6 Å². The fourth-order valence-corrected chi connectivity index (χ4v) is 3.74. The molecule has 0 saturated carbocycles. The summed E-state index contributed by atoms with van der Waals surface area (Å²) in [7, 11) is 3.48. The molecule has 1 aliphatic heterocycles. The van der Waals surface area contributed by atoms with Gasteiger partial charge in [0.1, 0.15) is 5.69 Å². The highest BCUT2D eigenvalue weighted by Gasteiger charge is 2.20. The summed E-state index contributed by atoms with van der Waals surface area (Å²) in [5.41, 5.74) is 4.64. The number of carbonyl (C=O) groups is 2. The smallest absolute Gasteiger partial charge is 0.269 e. The van der Waals surface area contributed by atoms with E-state index in [4.69, 9.17) is 0 Å². The number of fused-ring (bicyclic) bond motifs is 1. The molecule has 0 atom stereocenters. The number of nitrogens with zero attached hydrogens (tertiary/aromatic N) is 5. The molecule has 0 bridgehead atoms. The first kappa shape index (κ1) is 19.9. The van der Waals surface area contributed by atoms with E-state index in [0.717, 1.165) is 40.7 Å². The van der Waals surface area contributed by atoms with Crippen molar-refractivity contribution in [2.24, 2.45) is 0 Å². The second-order valence-corrected chi connectivity index (χ2v) is 7.87. The van der Waals surface area contributed by atoms with Crippen LogP contribution in [0.15, 0.2) is 36.5 Å².